The van der Waals surface area contributed by atoms with Gasteiger partial charge in [0.25, 0.3) is 0 Å². The number of hydrogen-bond donors (Lipinski definition) is 1. The van der Waals surface area contributed by atoms with E-state index in [1.807, 2.05) is 24.3 Å². The maximum atomic E-state index is 10.0. The van der Waals surface area contributed by atoms with Crippen LogP contribution in [-0.4, -0.2) is 17.7 Å². The lowest BCUT2D eigenvalue weighted by Gasteiger charge is -2.30. The Morgan fingerprint density at radius 2 is 1.70 bits per heavy atom. The maximum absolute atomic E-state index is 10.0. The van der Waals surface area contributed by atoms with Crippen molar-refractivity contribution in [3.05, 3.63) is 48.0 Å². The zero-order chi connectivity index (χ0) is 18.4. The normalized spacial score (nSPS) is 17.2. The van der Waals surface area contributed by atoms with Crippen LogP contribution in [0.4, 0.5) is 11.4 Å². The highest BCUT2D eigenvalue weighted by molar-refractivity contribution is 5.96. The highest BCUT2D eigenvalue weighted by Gasteiger charge is 2.28. The van der Waals surface area contributed by atoms with Crippen LogP contribution in [0.1, 0.15) is 43.7 Å². The van der Waals surface area contributed by atoms with Gasteiger partial charge in [0, 0.05) is 35.9 Å². The molecule has 2 aliphatic rings. The molecule has 4 heteroatoms. The standard InChI is InChI=1S/C23H24N4/c24-15-21-20-11-10-19(26-12-1-2-13-26)14-22(20)27(18-4-3-5-18)23(21)16-6-8-17(25)9-7-16/h6-11,14,18H,1-5,12-13,25H2. The molecule has 1 saturated heterocycles. The van der Waals surface area contributed by atoms with Crippen molar-refractivity contribution in [2.24, 2.45) is 0 Å². The molecule has 27 heavy (non-hydrogen) atoms. The molecule has 0 spiro atoms. The predicted molar refractivity (Wildman–Crippen MR) is 111 cm³/mol. The largest absolute Gasteiger partial charge is 0.399 e. The third-order valence-corrected chi connectivity index (χ3v) is 6.19. The van der Waals surface area contributed by atoms with E-state index in [0.29, 0.717) is 6.04 Å². The third-order valence-electron chi connectivity index (χ3n) is 6.19. The first kappa shape index (κ1) is 16.3. The number of aromatic nitrogens is 1. The molecule has 0 radical (unpaired) electrons. The van der Waals surface area contributed by atoms with Gasteiger partial charge in [0.2, 0.25) is 0 Å². The topological polar surface area (TPSA) is 58.0 Å². The van der Waals surface area contributed by atoms with E-state index < -0.39 is 0 Å². The van der Waals surface area contributed by atoms with Gasteiger partial charge in [-0.3, -0.25) is 0 Å². The first-order valence-electron chi connectivity index (χ1n) is 9.95. The Balaban J connectivity index is 1.76. The number of hydrogen-bond acceptors (Lipinski definition) is 3. The van der Waals surface area contributed by atoms with E-state index in [1.54, 1.807) is 0 Å². The van der Waals surface area contributed by atoms with Gasteiger partial charge >= 0.3 is 0 Å². The van der Waals surface area contributed by atoms with E-state index in [1.165, 1.54) is 43.3 Å². The Hall–Kier alpha value is -2.93. The number of rotatable bonds is 3. The summed E-state index contributed by atoms with van der Waals surface area (Å²) < 4.78 is 2.43. The predicted octanol–water partition coefficient (Wildman–Crippen LogP) is 5.09. The molecule has 1 aliphatic carbocycles. The van der Waals surface area contributed by atoms with E-state index in [9.17, 15) is 5.26 Å². The maximum Gasteiger partial charge on any atom is 0.102 e. The van der Waals surface area contributed by atoms with Gasteiger partial charge in [0.05, 0.1) is 16.8 Å². The number of nitrogens with zero attached hydrogens (tertiary/aromatic N) is 3. The van der Waals surface area contributed by atoms with Crippen LogP contribution in [-0.2, 0) is 0 Å². The number of nitrogen functional groups attached to an aromatic ring is 1. The smallest absolute Gasteiger partial charge is 0.102 e. The molecule has 4 nitrogen and oxygen atoms in total. The molecular formula is C23H24N4. The van der Waals surface area contributed by atoms with Crippen LogP contribution in [0, 0.1) is 11.3 Å². The lowest BCUT2D eigenvalue weighted by Crippen LogP contribution is -2.19. The first-order chi connectivity index (χ1) is 13.3. The molecule has 1 saturated carbocycles. The van der Waals surface area contributed by atoms with E-state index >= 15 is 0 Å². The molecule has 2 fully saturated rings. The van der Waals surface area contributed by atoms with Crippen LogP contribution in [0.15, 0.2) is 42.5 Å². The fraction of sp³-hybridized carbons (Fsp3) is 0.348. The van der Waals surface area contributed by atoms with Gasteiger partial charge < -0.3 is 15.2 Å². The van der Waals surface area contributed by atoms with Crippen LogP contribution in [0.25, 0.3) is 22.2 Å². The summed E-state index contributed by atoms with van der Waals surface area (Å²) in [6.07, 6.45) is 6.16. The lowest BCUT2D eigenvalue weighted by molar-refractivity contribution is 0.324. The van der Waals surface area contributed by atoms with Crippen LogP contribution in [0.3, 0.4) is 0 Å². The van der Waals surface area contributed by atoms with E-state index in [-0.39, 0.29) is 0 Å². The third kappa shape index (κ3) is 2.57. The van der Waals surface area contributed by atoms with Crippen LogP contribution >= 0.6 is 0 Å². The van der Waals surface area contributed by atoms with E-state index in [2.05, 4.69) is 33.7 Å². The highest BCUT2D eigenvalue weighted by atomic mass is 15.1. The summed E-state index contributed by atoms with van der Waals surface area (Å²) in [6.45, 7) is 2.26. The minimum Gasteiger partial charge on any atom is -0.399 e. The fourth-order valence-corrected chi connectivity index (χ4v) is 4.53. The molecule has 2 heterocycles. The van der Waals surface area contributed by atoms with Crippen LogP contribution in [0.5, 0.6) is 0 Å². The van der Waals surface area contributed by atoms with Gasteiger partial charge in [-0.25, -0.2) is 0 Å². The molecule has 1 aromatic heterocycles. The Morgan fingerprint density at radius 1 is 0.963 bits per heavy atom. The summed E-state index contributed by atoms with van der Waals surface area (Å²) in [7, 11) is 0. The molecule has 0 bridgehead atoms. The second-order valence-corrected chi connectivity index (χ2v) is 7.81. The number of anilines is 2. The van der Waals surface area contributed by atoms with Gasteiger partial charge in [-0.05, 0) is 68.0 Å². The molecule has 3 aromatic rings. The SMILES string of the molecule is N#Cc1c(-c2ccc(N)cc2)n(C2CCC2)c2cc(N3CCCC3)ccc12. The number of nitriles is 1. The zero-order valence-corrected chi connectivity index (χ0v) is 15.5. The molecule has 136 valence electrons. The summed E-state index contributed by atoms with van der Waals surface area (Å²) in [6, 6.07) is 17.6. The minimum atomic E-state index is 0.482. The molecule has 2 N–H and O–H groups in total. The average molecular weight is 356 g/mol. The van der Waals surface area contributed by atoms with Crippen molar-refractivity contribution in [2.75, 3.05) is 23.7 Å². The Labute approximate surface area is 159 Å². The average Bonchev–Trinajstić information content (AvgIpc) is 3.28. The van der Waals surface area contributed by atoms with Crippen LogP contribution < -0.4 is 10.6 Å². The van der Waals surface area contributed by atoms with Crippen molar-refractivity contribution in [2.45, 2.75) is 38.1 Å². The molecule has 0 unspecified atom stereocenters. The van der Waals surface area contributed by atoms with E-state index in [0.717, 1.165) is 41.0 Å². The quantitative estimate of drug-likeness (QED) is 0.665. The molecule has 2 aromatic carbocycles. The molecule has 0 atom stereocenters. The zero-order valence-electron chi connectivity index (χ0n) is 15.5. The van der Waals surface area contributed by atoms with Gasteiger partial charge in [-0.2, -0.15) is 5.26 Å². The van der Waals surface area contributed by atoms with Gasteiger partial charge in [-0.1, -0.05) is 12.1 Å². The molecule has 0 amide bonds. The Morgan fingerprint density at radius 3 is 2.33 bits per heavy atom. The number of fused-ring (bicyclic) bond motifs is 1. The van der Waals surface area contributed by atoms with Gasteiger partial charge in [0.15, 0.2) is 0 Å². The first-order valence-corrected chi connectivity index (χ1v) is 9.95. The summed E-state index contributed by atoms with van der Waals surface area (Å²) in [4.78, 5) is 2.46. The minimum absolute atomic E-state index is 0.482. The summed E-state index contributed by atoms with van der Waals surface area (Å²) >= 11 is 0. The Bertz CT molecular complexity index is 1030. The number of benzene rings is 2. The second kappa shape index (κ2) is 6.35. The highest BCUT2D eigenvalue weighted by Crippen LogP contribution is 2.43. The van der Waals surface area contributed by atoms with Crippen molar-refractivity contribution in [3.8, 4) is 17.3 Å². The molecular weight excluding hydrogens is 332 g/mol. The molecule has 1 aliphatic heterocycles. The van der Waals surface area contributed by atoms with Crippen molar-refractivity contribution in [3.63, 3.8) is 0 Å². The Kier molecular flexibility index (Phi) is 3.82. The fourth-order valence-electron chi connectivity index (χ4n) is 4.53. The van der Waals surface area contributed by atoms with Crippen molar-refractivity contribution in [1.29, 1.82) is 5.26 Å². The number of nitrogens with two attached hydrogens (primary N) is 1. The summed E-state index contributed by atoms with van der Waals surface area (Å²) in [5.41, 5.74) is 12.0. The van der Waals surface area contributed by atoms with E-state index in [4.69, 9.17) is 5.73 Å². The summed E-state index contributed by atoms with van der Waals surface area (Å²) in [5, 5.41) is 11.1. The van der Waals surface area contributed by atoms with Crippen molar-refractivity contribution in [1.82, 2.24) is 4.57 Å². The van der Waals surface area contributed by atoms with Crippen LogP contribution in [0.2, 0.25) is 0 Å². The monoisotopic (exact) mass is 356 g/mol. The van der Waals surface area contributed by atoms with Gasteiger partial charge in [0.1, 0.15) is 6.07 Å². The molecule has 5 rings (SSSR count). The van der Waals surface area contributed by atoms with Gasteiger partial charge in [-0.15, -0.1) is 0 Å². The lowest BCUT2D eigenvalue weighted by atomic mass is 9.92. The summed E-state index contributed by atoms with van der Waals surface area (Å²) in [5.74, 6) is 0. The second-order valence-electron chi connectivity index (χ2n) is 7.81. The van der Waals surface area contributed by atoms with Crippen molar-refractivity contribution >= 4 is 22.3 Å². The van der Waals surface area contributed by atoms with Crippen molar-refractivity contribution < 1.29 is 0 Å².